The van der Waals surface area contributed by atoms with E-state index in [1.54, 1.807) is 19.2 Å². The Morgan fingerprint density at radius 1 is 1.10 bits per heavy atom. The number of fused-ring (bicyclic) bond motifs is 1. The topological polar surface area (TPSA) is 67.9 Å². The minimum Gasteiger partial charge on any atom is -0.492 e. The fraction of sp³-hybridized carbons (Fsp3) is 0.500. The molecule has 0 saturated heterocycles. The number of Topliss-reactive ketones (excluding diaryl/α,β-unsaturated/α-hetero) is 1. The van der Waals surface area contributed by atoms with E-state index in [-0.39, 0.29) is 17.6 Å². The lowest BCUT2D eigenvalue weighted by Crippen LogP contribution is -2.38. The molecule has 0 aromatic heterocycles. The molecule has 0 spiro atoms. The highest BCUT2D eigenvalue weighted by atomic mass is 35.5. The number of hydrogen-bond acceptors (Lipinski definition) is 5. The largest absolute Gasteiger partial charge is 0.492 e. The van der Waals surface area contributed by atoms with Gasteiger partial charge in [0.05, 0.1) is 18.8 Å². The van der Waals surface area contributed by atoms with Crippen LogP contribution in [0.15, 0.2) is 36.4 Å². The van der Waals surface area contributed by atoms with Gasteiger partial charge in [-0.05, 0) is 86.9 Å². The molecule has 1 aliphatic heterocycles. The molecule has 4 rings (SSSR count). The van der Waals surface area contributed by atoms with E-state index in [9.17, 15) is 9.59 Å². The van der Waals surface area contributed by atoms with Crippen LogP contribution in [-0.4, -0.2) is 56.0 Å². The molecular weight excluding hydrogens is 512 g/mol. The molecule has 210 valence electrons. The molecule has 0 bridgehead atoms. The van der Waals surface area contributed by atoms with E-state index in [1.807, 2.05) is 31.2 Å². The summed E-state index contributed by atoms with van der Waals surface area (Å²) in [6.45, 7) is 8.69. The third-order valence-electron chi connectivity index (χ3n) is 8.11. The molecule has 4 unspecified atom stereocenters. The first-order valence-electron chi connectivity index (χ1n) is 14.1. The molecular formula is C32H41ClN2O4. The van der Waals surface area contributed by atoms with Crippen molar-refractivity contribution in [3.05, 3.63) is 63.0 Å². The first-order valence-corrected chi connectivity index (χ1v) is 14.5. The van der Waals surface area contributed by atoms with Crippen molar-refractivity contribution in [3.63, 3.8) is 0 Å². The van der Waals surface area contributed by atoms with E-state index >= 15 is 0 Å². The summed E-state index contributed by atoms with van der Waals surface area (Å²) < 4.78 is 11.2. The second-order valence-electron chi connectivity index (χ2n) is 10.9. The Morgan fingerprint density at radius 3 is 2.56 bits per heavy atom. The molecule has 0 radical (unpaired) electrons. The van der Waals surface area contributed by atoms with Gasteiger partial charge in [0, 0.05) is 54.2 Å². The average molecular weight is 553 g/mol. The number of ketones is 1. The van der Waals surface area contributed by atoms with E-state index in [0.717, 1.165) is 48.2 Å². The Hall–Kier alpha value is -2.83. The van der Waals surface area contributed by atoms with Gasteiger partial charge in [-0.15, -0.1) is 0 Å². The molecule has 2 aromatic carbocycles. The second-order valence-corrected chi connectivity index (χ2v) is 11.3. The van der Waals surface area contributed by atoms with Crippen LogP contribution in [0, 0.1) is 17.8 Å². The van der Waals surface area contributed by atoms with Gasteiger partial charge < -0.3 is 19.7 Å². The SMILES string of the molecule is CCOc1c(C(=O)NCCOC)ccc2c1=CN(CC1CCC(C(=O)c3ccc(Cl)cc3)C(C)C1)C(C)CC=2. The van der Waals surface area contributed by atoms with Crippen LogP contribution >= 0.6 is 11.6 Å². The van der Waals surface area contributed by atoms with Crippen LogP contribution in [0.1, 0.15) is 67.2 Å². The number of nitrogens with one attached hydrogen (secondary N) is 1. The first-order chi connectivity index (χ1) is 18.8. The Kier molecular flexibility index (Phi) is 10.1. The minimum atomic E-state index is -0.159. The molecule has 4 atom stereocenters. The number of ether oxygens (including phenoxy) is 2. The second kappa shape index (κ2) is 13.5. The molecule has 39 heavy (non-hydrogen) atoms. The molecule has 7 heteroatoms. The molecule has 2 aliphatic rings. The summed E-state index contributed by atoms with van der Waals surface area (Å²) in [4.78, 5) is 28.6. The van der Waals surface area contributed by atoms with Crippen LogP contribution in [0.25, 0.3) is 12.3 Å². The van der Waals surface area contributed by atoms with Gasteiger partial charge >= 0.3 is 0 Å². The monoisotopic (exact) mass is 552 g/mol. The van der Waals surface area contributed by atoms with Crippen molar-refractivity contribution in [1.29, 1.82) is 0 Å². The number of carbonyl (C=O) groups is 2. The van der Waals surface area contributed by atoms with Gasteiger partial charge in [0.25, 0.3) is 5.91 Å². The summed E-state index contributed by atoms with van der Waals surface area (Å²) in [5.74, 6) is 1.55. The predicted octanol–water partition coefficient (Wildman–Crippen LogP) is 4.66. The fourth-order valence-electron chi connectivity index (χ4n) is 5.91. The Labute approximate surface area is 237 Å². The maximum atomic E-state index is 13.2. The molecule has 1 saturated carbocycles. The van der Waals surface area contributed by atoms with Gasteiger partial charge in [-0.3, -0.25) is 9.59 Å². The van der Waals surface area contributed by atoms with Crippen LogP contribution in [0.5, 0.6) is 5.75 Å². The van der Waals surface area contributed by atoms with Crippen LogP contribution in [-0.2, 0) is 4.74 Å². The van der Waals surface area contributed by atoms with E-state index in [0.29, 0.717) is 54.0 Å². The molecule has 1 fully saturated rings. The number of nitrogens with zero attached hydrogens (tertiary/aromatic N) is 1. The number of carbonyl (C=O) groups excluding carboxylic acids is 2. The summed E-state index contributed by atoms with van der Waals surface area (Å²) in [6, 6.07) is 11.5. The number of halogens is 1. The number of methoxy groups -OCH3 is 1. The highest BCUT2D eigenvalue weighted by molar-refractivity contribution is 6.30. The number of rotatable bonds is 10. The summed E-state index contributed by atoms with van der Waals surface area (Å²) in [5, 5.41) is 5.62. The maximum absolute atomic E-state index is 13.2. The van der Waals surface area contributed by atoms with Gasteiger partial charge in [0.1, 0.15) is 5.75 Å². The summed E-state index contributed by atoms with van der Waals surface area (Å²) in [5.41, 5.74) is 1.29. The van der Waals surface area contributed by atoms with Crippen LogP contribution in [0.3, 0.4) is 0 Å². The zero-order valence-corrected chi connectivity index (χ0v) is 24.3. The Balaban J connectivity index is 1.53. The van der Waals surface area contributed by atoms with Gasteiger partial charge in [-0.1, -0.05) is 30.7 Å². The van der Waals surface area contributed by atoms with Gasteiger partial charge in [-0.2, -0.15) is 0 Å². The van der Waals surface area contributed by atoms with Crippen LogP contribution in [0.4, 0.5) is 0 Å². The lowest BCUT2D eigenvalue weighted by atomic mass is 9.72. The maximum Gasteiger partial charge on any atom is 0.255 e. The van der Waals surface area contributed by atoms with E-state index in [4.69, 9.17) is 21.1 Å². The third kappa shape index (κ3) is 7.03. The van der Waals surface area contributed by atoms with Gasteiger partial charge in [-0.25, -0.2) is 0 Å². The van der Waals surface area contributed by atoms with Gasteiger partial charge in [0.2, 0.25) is 0 Å². The predicted molar refractivity (Wildman–Crippen MR) is 157 cm³/mol. The van der Waals surface area contributed by atoms with E-state index < -0.39 is 0 Å². The fourth-order valence-corrected chi connectivity index (χ4v) is 6.04. The lowest BCUT2D eigenvalue weighted by molar-refractivity contribution is 0.0781. The molecule has 1 amide bonds. The van der Waals surface area contributed by atoms with Crippen molar-refractivity contribution < 1.29 is 19.1 Å². The van der Waals surface area contributed by atoms with E-state index in [2.05, 4.69) is 36.3 Å². The van der Waals surface area contributed by atoms with Crippen molar-refractivity contribution in [2.75, 3.05) is 33.4 Å². The molecule has 1 heterocycles. The van der Waals surface area contributed by atoms with Crippen LogP contribution in [0.2, 0.25) is 5.02 Å². The quantitative estimate of drug-likeness (QED) is 0.343. The number of benzene rings is 2. The van der Waals surface area contributed by atoms with E-state index in [1.165, 1.54) is 0 Å². The summed E-state index contributed by atoms with van der Waals surface area (Å²) in [7, 11) is 1.62. The van der Waals surface area contributed by atoms with Crippen LogP contribution < -0.4 is 20.5 Å². The Morgan fingerprint density at radius 2 is 1.87 bits per heavy atom. The highest BCUT2D eigenvalue weighted by Crippen LogP contribution is 2.36. The minimum absolute atomic E-state index is 0.0470. The number of amides is 1. The zero-order chi connectivity index (χ0) is 27.9. The van der Waals surface area contributed by atoms with Gasteiger partial charge in [0.15, 0.2) is 5.78 Å². The van der Waals surface area contributed by atoms with Crippen molar-refractivity contribution in [2.24, 2.45) is 17.8 Å². The Bertz CT molecular complexity index is 1280. The molecule has 1 aliphatic carbocycles. The van der Waals surface area contributed by atoms with Crippen molar-refractivity contribution in [1.82, 2.24) is 10.2 Å². The van der Waals surface area contributed by atoms with Crippen molar-refractivity contribution >= 4 is 35.6 Å². The first kappa shape index (κ1) is 29.2. The van der Waals surface area contributed by atoms with Crippen molar-refractivity contribution in [2.45, 2.75) is 52.5 Å². The molecule has 6 nitrogen and oxygen atoms in total. The van der Waals surface area contributed by atoms with Crippen molar-refractivity contribution in [3.8, 4) is 5.75 Å². The summed E-state index contributed by atoms with van der Waals surface area (Å²) >= 11 is 6.02. The zero-order valence-electron chi connectivity index (χ0n) is 23.5. The summed E-state index contributed by atoms with van der Waals surface area (Å²) in [6.07, 6.45) is 8.27. The smallest absolute Gasteiger partial charge is 0.255 e. The molecule has 2 aromatic rings. The standard InChI is InChI=1S/C32H41ClN2O4/c1-5-39-31-28(32(37)34-16-17-38-4)15-11-24-8-6-22(3)35(20-29(24)31)19-23-7-14-27(21(2)18-23)30(36)25-9-12-26(33)13-10-25/h8-13,15,20-23,27H,5-7,14,16-19H2,1-4H3,(H,34,37). The average Bonchev–Trinajstić information content (AvgIpc) is 3.08. The highest BCUT2D eigenvalue weighted by Gasteiger charge is 2.33. The molecule has 1 N–H and O–H groups in total. The number of hydrogen-bond donors (Lipinski definition) is 1. The normalized spacial score (nSPS) is 22.6. The third-order valence-corrected chi connectivity index (χ3v) is 8.36. The lowest BCUT2D eigenvalue weighted by Gasteiger charge is -2.37.